The minimum atomic E-state index is -0.354. The summed E-state index contributed by atoms with van der Waals surface area (Å²) in [6.07, 6.45) is 6.32. The highest BCUT2D eigenvalue weighted by Crippen LogP contribution is 2.55. The molecule has 4 nitrogen and oxygen atoms in total. The van der Waals surface area contributed by atoms with E-state index in [2.05, 4.69) is 23.4 Å². The van der Waals surface area contributed by atoms with Gasteiger partial charge >= 0.3 is 5.97 Å². The zero-order valence-corrected chi connectivity index (χ0v) is 14.3. The average Bonchev–Trinajstić information content (AvgIpc) is 2.92. The summed E-state index contributed by atoms with van der Waals surface area (Å²) in [6.45, 7) is 2.85. The van der Waals surface area contributed by atoms with Crippen molar-refractivity contribution in [2.75, 3.05) is 6.61 Å². The molecule has 0 aromatic heterocycles. The van der Waals surface area contributed by atoms with Crippen molar-refractivity contribution in [3.8, 4) is 5.75 Å². The lowest BCUT2D eigenvalue weighted by molar-refractivity contribution is -0.130. The molecule has 0 spiro atoms. The van der Waals surface area contributed by atoms with Gasteiger partial charge < -0.3 is 9.47 Å². The first-order valence-electron chi connectivity index (χ1n) is 8.34. The molecule has 0 saturated heterocycles. The first-order chi connectivity index (χ1) is 11.8. The monoisotopic (exact) mass is 341 g/mol. The van der Waals surface area contributed by atoms with E-state index in [4.69, 9.17) is 9.47 Å². The van der Waals surface area contributed by atoms with Gasteiger partial charge in [0.1, 0.15) is 11.4 Å². The molecule has 0 bridgehead atoms. The summed E-state index contributed by atoms with van der Waals surface area (Å²) in [5.41, 5.74) is 1.22. The molecule has 24 heavy (non-hydrogen) atoms. The second kappa shape index (κ2) is 6.48. The minimum Gasteiger partial charge on any atom is -0.494 e. The van der Waals surface area contributed by atoms with Crippen LogP contribution in [0.15, 0.2) is 52.5 Å². The zero-order chi connectivity index (χ0) is 16.5. The van der Waals surface area contributed by atoms with Crippen LogP contribution in [0, 0.1) is 11.8 Å². The van der Waals surface area contributed by atoms with E-state index < -0.39 is 0 Å². The Morgan fingerprint density at radius 1 is 1.33 bits per heavy atom. The number of cyclic esters (lactones) is 1. The van der Waals surface area contributed by atoms with Crippen molar-refractivity contribution in [3.63, 3.8) is 0 Å². The summed E-state index contributed by atoms with van der Waals surface area (Å²) in [7, 11) is 0. The van der Waals surface area contributed by atoms with Crippen LogP contribution in [-0.4, -0.2) is 23.7 Å². The number of fused-ring (bicyclic) bond motifs is 1. The Morgan fingerprint density at radius 3 is 2.88 bits per heavy atom. The molecule has 124 valence electrons. The van der Waals surface area contributed by atoms with E-state index in [9.17, 15) is 4.79 Å². The molecule has 1 aliphatic carbocycles. The lowest BCUT2D eigenvalue weighted by atomic mass is 10.2. The van der Waals surface area contributed by atoms with Gasteiger partial charge in [-0.25, -0.2) is 9.79 Å². The minimum absolute atomic E-state index is 0.354. The molecule has 0 radical (unpaired) electrons. The van der Waals surface area contributed by atoms with Crippen LogP contribution in [0.5, 0.6) is 5.75 Å². The van der Waals surface area contributed by atoms with Crippen LogP contribution < -0.4 is 4.74 Å². The summed E-state index contributed by atoms with van der Waals surface area (Å²) in [5, 5.41) is 2.72. The number of allylic oxidation sites excluding steroid dienone is 2. The number of unbranched alkanes of at least 4 members (excludes halogenated alkanes) is 1. The van der Waals surface area contributed by atoms with Crippen molar-refractivity contribution in [2.24, 2.45) is 16.8 Å². The second-order valence-electron chi connectivity index (χ2n) is 6.17. The predicted octanol–water partition coefficient (Wildman–Crippen LogP) is 3.93. The number of esters is 1. The molecule has 1 fully saturated rings. The molecule has 0 N–H and O–H groups in total. The van der Waals surface area contributed by atoms with Gasteiger partial charge in [0, 0.05) is 10.8 Å². The number of carbonyl (C=O) groups excluding carboxylic acids is 1. The van der Waals surface area contributed by atoms with Crippen LogP contribution >= 0.6 is 11.8 Å². The van der Waals surface area contributed by atoms with Crippen molar-refractivity contribution in [1.29, 1.82) is 0 Å². The highest BCUT2D eigenvalue weighted by Gasteiger charge is 2.50. The maximum Gasteiger partial charge on any atom is 0.363 e. The van der Waals surface area contributed by atoms with E-state index in [0.29, 0.717) is 28.7 Å². The average molecular weight is 341 g/mol. The molecule has 2 aliphatic heterocycles. The standard InChI is InChI=1S/C19H19NO3S/c1-2-3-9-22-13-6-4-12(5-7-13)18-20-16(19(21)23-18)11-15-14-8-10-24-17(14)15/h4-8,10-11,14-15,17H,2-3,9H2,1H3. The molecule has 3 unspecified atom stereocenters. The maximum atomic E-state index is 12.0. The van der Waals surface area contributed by atoms with Crippen molar-refractivity contribution in [3.05, 3.63) is 53.1 Å². The molecule has 5 heteroatoms. The highest BCUT2D eigenvalue weighted by molar-refractivity contribution is 8.03. The Bertz CT molecular complexity index is 735. The van der Waals surface area contributed by atoms with Crippen molar-refractivity contribution >= 4 is 23.6 Å². The molecule has 2 heterocycles. The first-order valence-corrected chi connectivity index (χ1v) is 9.28. The molecule has 1 aromatic rings. The lowest BCUT2D eigenvalue weighted by Gasteiger charge is -2.05. The molecule has 4 rings (SSSR count). The Kier molecular flexibility index (Phi) is 4.19. The number of hydrogen-bond donors (Lipinski definition) is 0. The molecular weight excluding hydrogens is 322 g/mol. The number of thioether (sulfide) groups is 1. The number of ether oxygens (including phenoxy) is 2. The molecule has 3 aliphatic rings. The van der Waals surface area contributed by atoms with Crippen LogP contribution in [-0.2, 0) is 9.53 Å². The van der Waals surface area contributed by atoms with Crippen molar-refractivity contribution < 1.29 is 14.3 Å². The Labute approximate surface area is 145 Å². The van der Waals surface area contributed by atoms with Gasteiger partial charge in [0.15, 0.2) is 0 Å². The maximum absolute atomic E-state index is 12.0. The number of benzene rings is 1. The molecular formula is C19H19NO3S. The quantitative estimate of drug-likeness (QED) is 0.447. The fourth-order valence-corrected chi connectivity index (χ4v) is 4.20. The third-order valence-electron chi connectivity index (χ3n) is 4.44. The third kappa shape index (κ3) is 3.00. The van der Waals surface area contributed by atoms with Gasteiger partial charge in [-0.15, -0.1) is 11.8 Å². The number of aliphatic imine (C=N–C) groups is 1. The predicted molar refractivity (Wildman–Crippen MR) is 95.1 cm³/mol. The highest BCUT2D eigenvalue weighted by atomic mass is 32.2. The summed E-state index contributed by atoms with van der Waals surface area (Å²) in [4.78, 5) is 16.4. The van der Waals surface area contributed by atoms with Crippen molar-refractivity contribution in [1.82, 2.24) is 0 Å². The van der Waals surface area contributed by atoms with Gasteiger partial charge in [-0.05, 0) is 54.0 Å². The van der Waals surface area contributed by atoms with Crippen molar-refractivity contribution in [2.45, 2.75) is 25.0 Å². The summed E-state index contributed by atoms with van der Waals surface area (Å²) >= 11 is 1.83. The van der Waals surface area contributed by atoms with Gasteiger partial charge in [0.2, 0.25) is 5.90 Å². The fourth-order valence-electron chi connectivity index (χ4n) is 2.94. The largest absolute Gasteiger partial charge is 0.494 e. The van der Waals surface area contributed by atoms with Gasteiger partial charge in [0.05, 0.1) is 6.61 Å². The van der Waals surface area contributed by atoms with Gasteiger partial charge in [0.25, 0.3) is 0 Å². The van der Waals surface area contributed by atoms with Crippen LogP contribution in [0.25, 0.3) is 0 Å². The Morgan fingerprint density at radius 2 is 2.17 bits per heavy atom. The molecule has 3 atom stereocenters. The smallest absolute Gasteiger partial charge is 0.363 e. The Balaban J connectivity index is 1.44. The second-order valence-corrected chi connectivity index (χ2v) is 7.26. The summed E-state index contributed by atoms with van der Waals surface area (Å²) in [6, 6.07) is 7.52. The lowest BCUT2D eigenvalue weighted by Crippen LogP contribution is -2.05. The van der Waals surface area contributed by atoms with E-state index in [1.807, 2.05) is 42.1 Å². The number of rotatable bonds is 6. The van der Waals surface area contributed by atoms with Gasteiger partial charge in [-0.2, -0.15) is 0 Å². The topological polar surface area (TPSA) is 47.9 Å². The van der Waals surface area contributed by atoms with E-state index in [1.54, 1.807) is 0 Å². The van der Waals surface area contributed by atoms with Gasteiger partial charge in [-0.1, -0.05) is 19.4 Å². The van der Waals surface area contributed by atoms with Crippen LogP contribution in [0.4, 0.5) is 0 Å². The third-order valence-corrected chi connectivity index (χ3v) is 5.69. The Hall–Kier alpha value is -2.01. The number of carbonyl (C=O) groups is 1. The van der Waals surface area contributed by atoms with Crippen LogP contribution in [0.2, 0.25) is 0 Å². The normalized spacial score (nSPS) is 28.7. The number of nitrogens with zero attached hydrogens (tertiary/aromatic N) is 1. The van der Waals surface area contributed by atoms with E-state index in [-0.39, 0.29) is 5.97 Å². The van der Waals surface area contributed by atoms with Crippen LogP contribution in [0.1, 0.15) is 25.3 Å². The first kappa shape index (κ1) is 15.5. The molecule has 0 amide bonds. The van der Waals surface area contributed by atoms with E-state index in [0.717, 1.165) is 30.8 Å². The molecule has 1 aromatic carbocycles. The van der Waals surface area contributed by atoms with E-state index in [1.165, 1.54) is 0 Å². The number of hydrogen-bond acceptors (Lipinski definition) is 5. The van der Waals surface area contributed by atoms with Crippen LogP contribution in [0.3, 0.4) is 0 Å². The summed E-state index contributed by atoms with van der Waals surface area (Å²) in [5.74, 6) is 1.82. The SMILES string of the molecule is CCCCOc1ccc(C2=NC(=CC3C4C=CSC43)C(=O)O2)cc1. The zero-order valence-electron chi connectivity index (χ0n) is 13.5. The van der Waals surface area contributed by atoms with E-state index >= 15 is 0 Å². The van der Waals surface area contributed by atoms with Gasteiger partial charge in [-0.3, -0.25) is 0 Å². The molecule has 1 saturated carbocycles. The summed E-state index contributed by atoms with van der Waals surface area (Å²) < 4.78 is 11.0. The fraction of sp³-hybridized carbons (Fsp3) is 0.368.